The first kappa shape index (κ1) is 22.6. The lowest BCUT2D eigenvalue weighted by Crippen LogP contribution is -2.32. The van der Waals surface area contributed by atoms with Crippen LogP contribution in [-0.2, 0) is 9.53 Å². The minimum atomic E-state index is -1.04. The molecule has 0 unspecified atom stereocenters. The predicted molar refractivity (Wildman–Crippen MR) is 126 cm³/mol. The average molecular weight is 469 g/mol. The summed E-state index contributed by atoms with van der Waals surface area (Å²) in [6.45, 7) is 2.00. The number of amides is 2. The number of hydrogen-bond acceptors (Lipinski definition) is 8. The molecule has 3 aromatic rings. The zero-order chi connectivity index (χ0) is 23.4. The van der Waals surface area contributed by atoms with Gasteiger partial charge in [-0.05, 0) is 43.2 Å². The molecule has 4 rings (SSSR count). The fourth-order valence-electron chi connectivity index (χ4n) is 3.27. The Bertz CT molecular complexity index is 1150. The van der Waals surface area contributed by atoms with Crippen molar-refractivity contribution in [1.82, 2.24) is 15.0 Å². The molecule has 1 fully saturated rings. The number of anilines is 4. The van der Waals surface area contributed by atoms with Crippen LogP contribution in [0.1, 0.15) is 31.4 Å². The number of ether oxygens (including phenoxy) is 1. The molecule has 11 heteroatoms. The summed E-state index contributed by atoms with van der Waals surface area (Å²) in [7, 11) is 1.53. The van der Waals surface area contributed by atoms with Crippen LogP contribution < -0.4 is 15.5 Å². The van der Waals surface area contributed by atoms with Crippen LogP contribution in [0.15, 0.2) is 36.5 Å². The first-order valence-electron chi connectivity index (χ1n) is 10.4. The van der Waals surface area contributed by atoms with Gasteiger partial charge in [0.05, 0.1) is 29.4 Å². The molecule has 0 spiro atoms. The Morgan fingerprint density at radius 2 is 1.97 bits per heavy atom. The van der Waals surface area contributed by atoms with Crippen LogP contribution in [0.5, 0.6) is 0 Å². The summed E-state index contributed by atoms with van der Waals surface area (Å²) < 4.78 is 4.98. The first-order chi connectivity index (χ1) is 15.9. The number of methoxy groups -OCH3 is 1. The lowest BCUT2D eigenvalue weighted by molar-refractivity contribution is -0.114. The number of carboxylic acid groups (broad SMARTS) is 1. The van der Waals surface area contributed by atoms with Crippen LogP contribution in [-0.4, -0.2) is 52.3 Å². The van der Waals surface area contributed by atoms with Crippen LogP contribution in [0.3, 0.4) is 0 Å². The summed E-state index contributed by atoms with van der Waals surface area (Å²) in [5, 5.41) is 15.9. The van der Waals surface area contributed by atoms with Crippen molar-refractivity contribution in [2.75, 3.05) is 35.8 Å². The molecule has 0 radical (unpaired) electrons. The van der Waals surface area contributed by atoms with E-state index in [9.17, 15) is 14.7 Å². The van der Waals surface area contributed by atoms with Gasteiger partial charge in [0.1, 0.15) is 0 Å². The number of benzene rings is 1. The summed E-state index contributed by atoms with van der Waals surface area (Å²) in [4.78, 5) is 38.7. The number of rotatable bonds is 9. The minimum Gasteiger partial charge on any atom is -0.465 e. The fraction of sp³-hybridized carbons (Fsp3) is 0.318. The second-order valence-corrected chi connectivity index (χ2v) is 8.55. The SMILES string of the molecule is COCCN(C(=O)O)c1ccc(Nc2nccc(-c3sc(NC(C)=O)nc3C3CC3)n2)cc1. The van der Waals surface area contributed by atoms with Crippen LogP contribution in [0, 0.1) is 0 Å². The number of aromatic nitrogens is 3. The average Bonchev–Trinajstić information content (AvgIpc) is 3.55. The van der Waals surface area contributed by atoms with Crippen molar-refractivity contribution in [3.05, 3.63) is 42.2 Å². The Hall–Kier alpha value is -3.57. The molecule has 1 aliphatic rings. The lowest BCUT2D eigenvalue weighted by atomic mass is 10.2. The van der Waals surface area contributed by atoms with Gasteiger partial charge in [0.25, 0.3) is 0 Å². The van der Waals surface area contributed by atoms with E-state index in [0.29, 0.717) is 29.3 Å². The van der Waals surface area contributed by atoms with Gasteiger partial charge in [0.15, 0.2) is 5.13 Å². The Balaban J connectivity index is 1.53. The van der Waals surface area contributed by atoms with Gasteiger partial charge >= 0.3 is 6.09 Å². The van der Waals surface area contributed by atoms with Gasteiger partial charge in [-0.15, -0.1) is 0 Å². The van der Waals surface area contributed by atoms with Crippen molar-refractivity contribution in [3.63, 3.8) is 0 Å². The van der Waals surface area contributed by atoms with Gasteiger partial charge < -0.3 is 20.5 Å². The zero-order valence-corrected chi connectivity index (χ0v) is 19.1. The van der Waals surface area contributed by atoms with Gasteiger partial charge in [-0.3, -0.25) is 9.69 Å². The summed E-state index contributed by atoms with van der Waals surface area (Å²) in [6.07, 6.45) is 2.79. The molecular formula is C22H24N6O4S. The second kappa shape index (κ2) is 9.92. The molecule has 172 valence electrons. The molecule has 10 nitrogen and oxygen atoms in total. The summed E-state index contributed by atoms with van der Waals surface area (Å²) in [6, 6.07) is 8.79. The summed E-state index contributed by atoms with van der Waals surface area (Å²) in [5.41, 5.74) is 2.96. The van der Waals surface area contributed by atoms with E-state index in [1.54, 1.807) is 30.5 Å². The number of nitrogens with one attached hydrogen (secondary N) is 2. The molecule has 0 atom stereocenters. The van der Waals surface area contributed by atoms with Crippen molar-refractivity contribution in [3.8, 4) is 10.6 Å². The lowest BCUT2D eigenvalue weighted by Gasteiger charge is -2.19. The van der Waals surface area contributed by atoms with Crippen molar-refractivity contribution in [1.29, 1.82) is 0 Å². The molecule has 1 saturated carbocycles. The highest BCUT2D eigenvalue weighted by Gasteiger charge is 2.31. The van der Waals surface area contributed by atoms with E-state index in [4.69, 9.17) is 4.74 Å². The Morgan fingerprint density at radius 1 is 1.21 bits per heavy atom. The maximum absolute atomic E-state index is 11.5. The Labute approximate surface area is 194 Å². The summed E-state index contributed by atoms with van der Waals surface area (Å²) >= 11 is 1.41. The zero-order valence-electron chi connectivity index (χ0n) is 18.2. The van der Waals surface area contributed by atoms with Gasteiger partial charge in [-0.1, -0.05) is 11.3 Å². The van der Waals surface area contributed by atoms with Crippen molar-refractivity contribution in [2.24, 2.45) is 0 Å². The standard InChI is InChI=1S/C22H24N6O4S/c1-13(29)24-21-27-18(14-3-4-14)19(33-21)17-9-10-23-20(26-17)25-15-5-7-16(8-6-15)28(22(30)31)11-12-32-2/h5-10,14H,3-4,11-12H2,1-2H3,(H,30,31)(H,23,25,26)(H,24,27,29). The van der Waals surface area contributed by atoms with Gasteiger partial charge in [0.2, 0.25) is 11.9 Å². The summed E-state index contributed by atoms with van der Waals surface area (Å²) in [5.74, 6) is 0.647. The van der Waals surface area contributed by atoms with Crippen molar-refractivity contribution >= 4 is 45.8 Å². The molecule has 1 aromatic carbocycles. The fourth-order valence-corrected chi connectivity index (χ4v) is 4.34. The maximum Gasteiger partial charge on any atom is 0.411 e. The maximum atomic E-state index is 11.5. The molecule has 0 saturated heterocycles. The second-order valence-electron chi connectivity index (χ2n) is 7.55. The number of hydrogen-bond donors (Lipinski definition) is 3. The molecule has 0 aliphatic heterocycles. The van der Waals surface area contributed by atoms with Crippen LogP contribution in [0.2, 0.25) is 0 Å². The third kappa shape index (κ3) is 5.62. The predicted octanol–water partition coefficient (Wildman–Crippen LogP) is 4.31. The Kier molecular flexibility index (Phi) is 6.80. The molecule has 1 aliphatic carbocycles. The van der Waals surface area contributed by atoms with E-state index in [2.05, 4.69) is 25.6 Å². The van der Waals surface area contributed by atoms with Crippen LogP contribution in [0.4, 0.5) is 27.2 Å². The molecule has 33 heavy (non-hydrogen) atoms. The molecule has 2 aromatic heterocycles. The quantitative estimate of drug-likeness (QED) is 0.424. The molecular weight excluding hydrogens is 444 g/mol. The highest BCUT2D eigenvalue weighted by atomic mass is 32.1. The van der Waals surface area contributed by atoms with E-state index in [-0.39, 0.29) is 12.5 Å². The van der Waals surface area contributed by atoms with E-state index < -0.39 is 6.09 Å². The highest BCUT2D eigenvalue weighted by molar-refractivity contribution is 7.19. The number of thiazole rings is 1. The highest BCUT2D eigenvalue weighted by Crippen LogP contribution is 2.46. The third-order valence-corrected chi connectivity index (χ3v) is 5.98. The monoisotopic (exact) mass is 468 g/mol. The van der Waals surface area contributed by atoms with Crippen LogP contribution in [0.25, 0.3) is 10.6 Å². The number of carbonyl (C=O) groups excluding carboxylic acids is 1. The topological polar surface area (TPSA) is 130 Å². The van der Waals surface area contributed by atoms with E-state index in [1.165, 1.54) is 30.3 Å². The van der Waals surface area contributed by atoms with Gasteiger partial charge in [-0.2, -0.15) is 0 Å². The molecule has 3 N–H and O–H groups in total. The van der Waals surface area contributed by atoms with Crippen molar-refractivity contribution < 1.29 is 19.4 Å². The Morgan fingerprint density at radius 3 is 2.61 bits per heavy atom. The number of nitrogens with zero attached hydrogens (tertiary/aromatic N) is 4. The molecule has 0 bridgehead atoms. The largest absolute Gasteiger partial charge is 0.465 e. The normalized spacial score (nSPS) is 12.9. The number of carbonyl (C=O) groups is 2. The van der Waals surface area contributed by atoms with Gasteiger partial charge in [-0.25, -0.2) is 19.7 Å². The van der Waals surface area contributed by atoms with Crippen molar-refractivity contribution in [2.45, 2.75) is 25.7 Å². The third-order valence-electron chi connectivity index (χ3n) is 4.97. The molecule has 2 amide bonds. The van der Waals surface area contributed by atoms with E-state index >= 15 is 0 Å². The molecule has 2 heterocycles. The van der Waals surface area contributed by atoms with Crippen LogP contribution >= 0.6 is 11.3 Å². The van der Waals surface area contributed by atoms with E-state index in [1.807, 2.05) is 6.07 Å². The first-order valence-corrected chi connectivity index (χ1v) is 11.2. The minimum absolute atomic E-state index is 0.158. The van der Waals surface area contributed by atoms with E-state index in [0.717, 1.165) is 34.8 Å². The smallest absolute Gasteiger partial charge is 0.411 e. The van der Waals surface area contributed by atoms with Gasteiger partial charge in [0, 0.05) is 37.5 Å².